The molecule has 106 valence electrons. The van der Waals surface area contributed by atoms with Crippen molar-refractivity contribution in [2.75, 3.05) is 18.5 Å². The van der Waals surface area contributed by atoms with Gasteiger partial charge in [0.15, 0.2) is 0 Å². The number of nitrogens with two attached hydrogens (primary N) is 1. The number of anilines is 1. The first-order chi connectivity index (χ1) is 9.65. The lowest BCUT2D eigenvalue weighted by molar-refractivity contribution is 0.150. The van der Waals surface area contributed by atoms with Gasteiger partial charge in [0.2, 0.25) is 0 Å². The highest BCUT2D eigenvalue weighted by Crippen LogP contribution is 2.32. The van der Waals surface area contributed by atoms with Gasteiger partial charge in [-0.1, -0.05) is 54.1 Å². The van der Waals surface area contributed by atoms with Crippen LogP contribution in [0.3, 0.4) is 0 Å². The number of hydrogen-bond donors (Lipinski definition) is 2. The topological polar surface area (TPSA) is 49.5 Å². The van der Waals surface area contributed by atoms with Crippen molar-refractivity contribution in [1.29, 1.82) is 0 Å². The highest BCUT2D eigenvalue weighted by molar-refractivity contribution is 6.33. The highest BCUT2D eigenvalue weighted by atomic mass is 35.5. The Hall–Kier alpha value is -1.55. The molecule has 4 heteroatoms. The predicted molar refractivity (Wildman–Crippen MR) is 84.1 cm³/mol. The second-order valence-corrected chi connectivity index (χ2v) is 5.13. The van der Waals surface area contributed by atoms with Gasteiger partial charge < -0.3 is 15.7 Å². The number of hydrogen-bond acceptors (Lipinski definition) is 3. The Morgan fingerprint density at radius 2 is 1.70 bits per heavy atom. The summed E-state index contributed by atoms with van der Waals surface area (Å²) in [6.45, 7) is 0.189. The van der Waals surface area contributed by atoms with Crippen molar-refractivity contribution in [2.24, 2.45) is 5.73 Å². The second kappa shape index (κ2) is 6.75. The minimum atomic E-state index is -0.668. The molecular weight excluding hydrogens is 272 g/mol. The van der Waals surface area contributed by atoms with Crippen molar-refractivity contribution in [3.8, 4) is 0 Å². The van der Waals surface area contributed by atoms with Gasteiger partial charge in [-0.3, -0.25) is 0 Å². The van der Waals surface area contributed by atoms with E-state index in [0.29, 0.717) is 5.02 Å². The van der Waals surface area contributed by atoms with Crippen LogP contribution in [0.25, 0.3) is 0 Å². The molecule has 3 nitrogen and oxygen atoms in total. The van der Waals surface area contributed by atoms with Gasteiger partial charge in [0, 0.05) is 13.6 Å². The maximum Gasteiger partial charge on any atom is 0.0907 e. The normalized spacial score (nSPS) is 13.8. The lowest BCUT2D eigenvalue weighted by Gasteiger charge is -2.34. The van der Waals surface area contributed by atoms with Crippen molar-refractivity contribution in [3.05, 3.63) is 65.2 Å². The third kappa shape index (κ3) is 3.12. The van der Waals surface area contributed by atoms with Gasteiger partial charge in [0.05, 0.1) is 22.9 Å². The zero-order valence-electron chi connectivity index (χ0n) is 11.4. The lowest BCUT2D eigenvalue weighted by Crippen LogP contribution is -2.38. The smallest absolute Gasteiger partial charge is 0.0907 e. The van der Waals surface area contributed by atoms with Crippen LogP contribution in [0, 0.1) is 0 Å². The van der Waals surface area contributed by atoms with E-state index in [0.717, 1.165) is 11.3 Å². The fourth-order valence-corrected chi connectivity index (χ4v) is 2.64. The van der Waals surface area contributed by atoms with Crippen LogP contribution in [0.1, 0.15) is 11.6 Å². The van der Waals surface area contributed by atoms with E-state index < -0.39 is 6.10 Å². The number of likely N-dealkylation sites (N-methyl/N-ethyl adjacent to an activating group) is 1. The lowest BCUT2D eigenvalue weighted by atomic mass is 9.99. The number of para-hydroxylation sites is 1. The molecule has 3 N–H and O–H groups in total. The number of halogens is 1. The number of rotatable bonds is 5. The van der Waals surface area contributed by atoms with Crippen molar-refractivity contribution in [1.82, 2.24) is 0 Å². The minimum absolute atomic E-state index is 0.189. The summed E-state index contributed by atoms with van der Waals surface area (Å²) in [6, 6.07) is 17.2. The first-order valence-corrected chi connectivity index (χ1v) is 6.93. The Morgan fingerprint density at radius 1 is 1.10 bits per heavy atom. The second-order valence-electron chi connectivity index (χ2n) is 4.72. The molecule has 0 fully saturated rings. The van der Waals surface area contributed by atoms with Crippen molar-refractivity contribution in [3.63, 3.8) is 0 Å². The monoisotopic (exact) mass is 290 g/mol. The van der Waals surface area contributed by atoms with Crippen LogP contribution in [-0.4, -0.2) is 24.8 Å². The van der Waals surface area contributed by atoms with Crippen molar-refractivity contribution >= 4 is 17.3 Å². The fourth-order valence-electron chi connectivity index (χ4n) is 2.37. The van der Waals surface area contributed by atoms with E-state index in [2.05, 4.69) is 0 Å². The molecule has 2 aromatic rings. The summed E-state index contributed by atoms with van der Waals surface area (Å²) in [5, 5.41) is 10.9. The largest absolute Gasteiger partial charge is 0.389 e. The first-order valence-electron chi connectivity index (χ1n) is 6.55. The van der Waals surface area contributed by atoms with Crippen LogP contribution in [0.15, 0.2) is 54.6 Å². The molecule has 20 heavy (non-hydrogen) atoms. The zero-order valence-corrected chi connectivity index (χ0v) is 12.2. The molecule has 2 aromatic carbocycles. The molecule has 0 aromatic heterocycles. The van der Waals surface area contributed by atoms with E-state index in [4.69, 9.17) is 17.3 Å². The standard InChI is InChI=1S/C16H19ClN2O/c1-19(14-10-6-5-9-13(14)17)16(15(20)11-18)12-7-3-2-4-8-12/h2-10,15-16,20H,11,18H2,1H3. The fraction of sp³-hybridized carbons (Fsp3) is 0.250. The summed E-state index contributed by atoms with van der Waals surface area (Å²) in [7, 11) is 1.91. The van der Waals surface area contributed by atoms with Gasteiger partial charge in [0.25, 0.3) is 0 Å². The average molecular weight is 291 g/mol. The molecule has 2 unspecified atom stereocenters. The van der Waals surface area contributed by atoms with E-state index in [1.54, 1.807) is 0 Å². The Morgan fingerprint density at radius 3 is 2.30 bits per heavy atom. The van der Waals surface area contributed by atoms with Crippen LogP contribution in [0.4, 0.5) is 5.69 Å². The number of aliphatic hydroxyl groups excluding tert-OH is 1. The molecule has 0 aliphatic carbocycles. The van der Waals surface area contributed by atoms with Gasteiger partial charge in [0.1, 0.15) is 0 Å². The Bertz CT molecular complexity index is 547. The van der Waals surface area contributed by atoms with Crippen LogP contribution in [0.5, 0.6) is 0 Å². The van der Waals surface area contributed by atoms with E-state index >= 15 is 0 Å². The third-order valence-corrected chi connectivity index (χ3v) is 3.72. The van der Waals surface area contributed by atoms with Gasteiger partial charge in [-0.15, -0.1) is 0 Å². The third-order valence-electron chi connectivity index (χ3n) is 3.40. The summed E-state index contributed by atoms with van der Waals surface area (Å²) >= 11 is 6.24. The molecule has 0 radical (unpaired) electrons. The van der Waals surface area contributed by atoms with Gasteiger partial charge in [-0.2, -0.15) is 0 Å². The number of aliphatic hydroxyl groups is 1. The summed E-state index contributed by atoms with van der Waals surface area (Å²) in [6.07, 6.45) is -0.668. The summed E-state index contributed by atoms with van der Waals surface area (Å²) in [5.74, 6) is 0. The Kier molecular flexibility index (Phi) is 5.01. The summed E-state index contributed by atoms with van der Waals surface area (Å²) < 4.78 is 0. The van der Waals surface area contributed by atoms with Gasteiger partial charge in [-0.05, 0) is 17.7 Å². The molecule has 0 saturated carbocycles. The molecular formula is C16H19ClN2O. The van der Waals surface area contributed by atoms with Crippen LogP contribution in [0.2, 0.25) is 5.02 Å². The predicted octanol–water partition coefficient (Wildman–Crippen LogP) is 2.84. The van der Waals surface area contributed by atoms with Crippen LogP contribution >= 0.6 is 11.6 Å². The first kappa shape index (κ1) is 14.9. The molecule has 0 heterocycles. The number of nitrogens with zero attached hydrogens (tertiary/aromatic N) is 1. The average Bonchev–Trinajstić information content (AvgIpc) is 2.48. The van der Waals surface area contributed by atoms with Crippen LogP contribution in [-0.2, 0) is 0 Å². The Labute approximate surface area is 124 Å². The van der Waals surface area contributed by atoms with Crippen molar-refractivity contribution in [2.45, 2.75) is 12.1 Å². The molecule has 0 saturated heterocycles. The molecule has 0 aliphatic rings. The molecule has 0 spiro atoms. The Balaban J connectivity index is 2.40. The van der Waals surface area contributed by atoms with Crippen LogP contribution < -0.4 is 10.6 Å². The molecule has 0 bridgehead atoms. The molecule has 0 aliphatic heterocycles. The quantitative estimate of drug-likeness (QED) is 0.890. The van der Waals surface area contributed by atoms with Gasteiger partial charge >= 0.3 is 0 Å². The maximum absolute atomic E-state index is 10.3. The van der Waals surface area contributed by atoms with Crippen molar-refractivity contribution < 1.29 is 5.11 Å². The van der Waals surface area contributed by atoms with E-state index in [1.165, 1.54) is 0 Å². The highest BCUT2D eigenvalue weighted by Gasteiger charge is 2.25. The summed E-state index contributed by atoms with van der Waals surface area (Å²) in [5.41, 5.74) is 7.53. The number of benzene rings is 2. The molecule has 0 amide bonds. The van der Waals surface area contributed by atoms with E-state index in [9.17, 15) is 5.11 Å². The maximum atomic E-state index is 10.3. The zero-order chi connectivity index (χ0) is 14.5. The molecule has 2 atom stereocenters. The van der Waals surface area contributed by atoms with E-state index in [1.807, 2.05) is 66.5 Å². The summed E-state index contributed by atoms with van der Waals surface area (Å²) in [4.78, 5) is 1.97. The van der Waals surface area contributed by atoms with E-state index in [-0.39, 0.29) is 12.6 Å². The SMILES string of the molecule is CN(c1ccccc1Cl)C(c1ccccc1)C(O)CN. The minimum Gasteiger partial charge on any atom is -0.389 e. The van der Waals surface area contributed by atoms with Gasteiger partial charge in [-0.25, -0.2) is 0 Å². The molecule has 2 rings (SSSR count).